The largest absolute Gasteiger partial charge is 0.351 e. The number of imidazole rings is 1. The zero-order chi connectivity index (χ0) is 19.2. The van der Waals surface area contributed by atoms with E-state index in [1.807, 2.05) is 48.7 Å². The Balaban J connectivity index is 2.09. The standard InChI is InChI=1S/C22H24N4O/c1-4-7-18-17(13-16-8-9-21-23-11-12-26(21)15-16)14-20(25-19(18)6-3)22(27)24-10-5-2/h4,6-9,11-12,14-15H,1,5,10,13H2,2-3H3,(H,24,27)/b18-7-,19-6+. The van der Waals surface area contributed by atoms with Crippen molar-refractivity contribution in [2.45, 2.75) is 26.7 Å². The lowest BCUT2D eigenvalue weighted by Gasteiger charge is -2.09. The summed E-state index contributed by atoms with van der Waals surface area (Å²) < 4.78 is 2.00. The van der Waals surface area contributed by atoms with E-state index >= 15 is 0 Å². The number of nitrogens with zero attached hydrogens (tertiary/aromatic N) is 3. The van der Waals surface area contributed by atoms with Crippen LogP contribution in [0.5, 0.6) is 0 Å². The summed E-state index contributed by atoms with van der Waals surface area (Å²) >= 11 is 0. The van der Waals surface area contributed by atoms with Crippen molar-refractivity contribution in [3.63, 3.8) is 0 Å². The number of rotatable bonds is 6. The Morgan fingerprint density at radius 2 is 2.22 bits per heavy atom. The van der Waals surface area contributed by atoms with E-state index in [0.29, 0.717) is 18.7 Å². The molecule has 3 aromatic heterocycles. The van der Waals surface area contributed by atoms with Gasteiger partial charge >= 0.3 is 0 Å². The molecule has 0 bridgehead atoms. The van der Waals surface area contributed by atoms with Gasteiger partial charge in [0.15, 0.2) is 0 Å². The molecule has 0 fully saturated rings. The van der Waals surface area contributed by atoms with E-state index in [1.54, 1.807) is 12.3 Å². The van der Waals surface area contributed by atoms with Crippen LogP contribution in [0, 0.1) is 0 Å². The number of aromatic nitrogens is 3. The maximum Gasteiger partial charge on any atom is 0.269 e. The first-order chi connectivity index (χ1) is 13.2. The number of allylic oxidation sites excluding steroid dienone is 1. The predicted molar refractivity (Wildman–Crippen MR) is 109 cm³/mol. The number of nitrogens with one attached hydrogen (secondary N) is 1. The van der Waals surface area contributed by atoms with E-state index in [0.717, 1.165) is 33.8 Å². The first-order valence-corrected chi connectivity index (χ1v) is 9.15. The lowest BCUT2D eigenvalue weighted by atomic mass is 10.0. The maximum absolute atomic E-state index is 12.5. The van der Waals surface area contributed by atoms with Crippen LogP contribution in [0.4, 0.5) is 0 Å². The van der Waals surface area contributed by atoms with Crippen molar-refractivity contribution in [3.8, 4) is 0 Å². The molecule has 5 heteroatoms. The van der Waals surface area contributed by atoms with Gasteiger partial charge in [0.25, 0.3) is 5.91 Å². The number of carbonyl (C=O) groups excluding carboxylic acids is 1. The van der Waals surface area contributed by atoms with Crippen molar-refractivity contribution in [2.75, 3.05) is 6.54 Å². The summed E-state index contributed by atoms with van der Waals surface area (Å²) in [4.78, 5) is 21.3. The summed E-state index contributed by atoms with van der Waals surface area (Å²) in [5.74, 6) is -0.142. The molecule has 27 heavy (non-hydrogen) atoms. The SMILES string of the molecule is C=C/C=c1/c(Cc2ccc3nccn3c2)cc(C(=O)NCCC)n/c1=C/C. The summed E-state index contributed by atoms with van der Waals surface area (Å²) in [6, 6.07) is 5.94. The fourth-order valence-corrected chi connectivity index (χ4v) is 3.04. The average Bonchev–Trinajstić information content (AvgIpc) is 3.15. The van der Waals surface area contributed by atoms with Crippen molar-refractivity contribution in [2.24, 2.45) is 0 Å². The third-order valence-corrected chi connectivity index (χ3v) is 4.34. The molecule has 3 rings (SSSR count). The lowest BCUT2D eigenvalue weighted by Crippen LogP contribution is -2.36. The molecule has 0 radical (unpaired) electrons. The van der Waals surface area contributed by atoms with Gasteiger partial charge in [-0.05, 0) is 43.0 Å². The third-order valence-electron chi connectivity index (χ3n) is 4.34. The van der Waals surface area contributed by atoms with Crippen LogP contribution >= 0.6 is 0 Å². The second-order valence-electron chi connectivity index (χ2n) is 6.32. The van der Waals surface area contributed by atoms with Crippen LogP contribution in [0.15, 0.2) is 49.4 Å². The Bertz CT molecular complexity index is 1100. The molecule has 5 nitrogen and oxygen atoms in total. The molecule has 1 N–H and O–H groups in total. The van der Waals surface area contributed by atoms with Crippen LogP contribution < -0.4 is 15.9 Å². The van der Waals surface area contributed by atoms with E-state index in [2.05, 4.69) is 34.1 Å². The molecule has 0 saturated heterocycles. The highest BCUT2D eigenvalue weighted by molar-refractivity contribution is 5.92. The summed E-state index contributed by atoms with van der Waals surface area (Å²) in [5.41, 5.74) is 3.52. The van der Waals surface area contributed by atoms with Gasteiger partial charge < -0.3 is 9.72 Å². The number of fused-ring (bicyclic) bond motifs is 1. The van der Waals surface area contributed by atoms with Gasteiger partial charge in [0.05, 0.1) is 5.35 Å². The molecular formula is C22H24N4O. The molecule has 0 aliphatic heterocycles. The van der Waals surface area contributed by atoms with Crippen LogP contribution in [-0.4, -0.2) is 26.8 Å². The second-order valence-corrected chi connectivity index (χ2v) is 6.32. The van der Waals surface area contributed by atoms with Gasteiger partial charge in [0.1, 0.15) is 11.3 Å². The number of pyridine rings is 2. The minimum absolute atomic E-state index is 0.142. The maximum atomic E-state index is 12.5. The number of hydrogen-bond donors (Lipinski definition) is 1. The normalized spacial score (nSPS) is 12.5. The van der Waals surface area contributed by atoms with E-state index in [9.17, 15) is 4.79 Å². The fraction of sp³-hybridized carbons (Fsp3) is 0.227. The van der Waals surface area contributed by atoms with E-state index in [4.69, 9.17) is 0 Å². The van der Waals surface area contributed by atoms with Crippen LogP contribution in [0.3, 0.4) is 0 Å². The Labute approximate surface area is 158 Å². The molecule has 0 aliphatic rings. The van der Waals surface area contributed by atoms with Crippen molar-refractivity contribution >= 4 is 23.7 Å². The monoisotopic (exact) mass is 360 g/mol. The summed E-state index contributed by atoms with van der Waals surface area (Å²) in [5, 5.41) is 4.69. The van der Waals surface area contributed by atoms with E-state index in [-0.39, 0.29) is 5.91 Å². The minimum atomic E-state index is -0.142. The van der Waals surface area contributed by atoms with Crippen LogP contribution in [0.1, 0.15) is 41.9 Å². The first-order valence-electron chi connectivity index (χ1n) is 9.15. The minimum Gasteiger partial charge on any atom is -0.351 e. The van der Waals surface area contributed by atoms with Crippen molar-refractivity contribution in [1.82, 2.24) is 19.7 Å². The molecule has 0 aromatic carbocycles. The molecule has 0 aliphatic carbocycles. The summed E-state index contributed by atoms with van der Waals surface area (Å²) in [6.45, 7) is 8.42. The number of hydrogen-bond acceptors (Lipinski definition) is 3. The number of carbonyl (C=O) groups is 1. The van der Waals surface area contributed by atoms with Crippen LogP contribution in [0.25, 0.3) is 17.8 Å². The topological polar surface area (TPSA) is 59.3 Å². The Kier molecular flexibility index (Phi) is 5.81. The average molecular weight is 360 g/mol. The lowest BCUT2D eigenvalue weighted by molar-refractivity contribution is 0.0948. The smallest absolute Gasteiger partial charge is 0.269 e. The molecule has 0 spiro atoms. The fourth-order valence-electron chi connectivity index (χ4n) is 3.04. The molecular weight excluding hydrogens is 336 g/mol. The van der Waals surface area contributed by atoms with Crippen molar-refractivity contribution in [3.05, 3.63) is 76.8 Å². The van der Waals surface area contributed by atoms with E-state index < -0.39 is 0 Å². The highest BCUT2D eigenvalue weighted by Gasteiger charge is 2.11. The first kappa shape index (κ1) is 18.6. The highest BCUT2D eigenvalue weighted by atomic mass is 16.1. The predicted octanol–water partition coefficient (Wildman–Crippen LogP) is 2.23. The summed E-state index contributed by atoms with van der Waals surface area (Å²) in [6.07, 6.45) is 13.0. The molecule has 3 heterocycles. The van der Waals surface area contributed by atoms with Crippen LogP contribution in [-0.2, 0) is 6.42 Å². The van der Waals surface area contributed by atoms with Gasteiger partial charge in [-0.15, -0.1) is 0 Å². The molecule has 138 valence electrons. The van der Waals surface area contributed by atoms with Gasteiger partial charge in [0, 0.05) is 30.4 Å². The van der Waals surface area contributed by atoms with Crippen LogP contribution in [0.2, 0.25) is 0 Å². The quantitative estimate of drug-likeness (QED) is 0.733. The highest BCUT2D eigenvalue weighted by Crippen LogP contribution is 2.09. The number of amides is 1. The molecule has 1 amide bonds. The second kappa shape index (κ2) is 8.45. The van der Waals surface area contributed by atoms with Gasteiger partial charge in [0.2, 0.25) is 0 Å². The zero-order valence-corrected chi connectivity index (χ0v) is 15.8. The Hall–Kier alpha value is -3.21. The zero-order valence-electron chi connectivity index (χ0n) is 15.8. The van der Waals surface area contributed by atoms with E-state index in [1.165, 1.54) is 0 Å². The van der Waals surface area contributed by atoms with Crippen molar-refractivity contribution in [1.29, 1.82) is 0 Å². The summed E-state index contributed by atoms with van der Waals surface area (Å²) in [7, 11) is 0. The molecule has 3 aromatic rings. The molecule has 0 atom stereocenters. The van der Waals surface area contributed by atoms with Gasteiger partial charge in [-0.1, -0.05) is 37.8 Å². The van der Waals surface area contributed by atoms with Gasteiger partial charge in [-0.3, -0.25) is 4.79 Å². The molecule has 0 saturated carbocycles. The molecule has 0 unspecified atom stereocenters. The van der Waals surface area contributed by atoms with Crippen molar-refractivity contribution < 1.29 is 4.79 Å². The van der Waals surface area contributed by atoms with Gasteiger partial charge in [-0.25, -0.2) is 9.97 Å². The van der Waals surface area contributed by atoms with Gasteiger partial charge in [-0.2, -0.15) is 0 Å². The Morgan fingerprint density at radius 1 is 1.37 bits per heavy atom. The third kappa shape index (κ3) is 4.14. The Morgan fingerprint density at radius 3 is 2.96 bits per heavy atom.